The molecule has 1 fully saturated rings. The summed E-state index contributed by atoms with van der Waals surface area (Å²) < 4.78 is 28.9. The minimum absolute atomic E-state index is 0.00179. The number of aromatic nitrogens is 1. The second-order valence-corrected chi connectivity index (χ2v) is 15.8. The molecule has 3 N–H and O–H groups in total. The highest BCUT2D eigenvalue weighted by molar-refractivity contribution is 7.89. The number of benzene rings is 2. The first-order valence-electron chi connectivity index (χ1n) is 16.0. The van der Waals surface area contributed by atoms with Gasteiger partial charge in [0.1, 0.15) is 12.6 Å². The van der Waals surface area contributed by atoms with Gasteiger partial charge in [0.15, 0.2) is 0 Å². The van der Waals surface area contributed by atoms with E-state index in [1.165, 1.54) is 51.0 Å². The minimum atomic E-state index is -4.09. The maximum absolute atomic E-state index is 14.0. The van der Waals surface area contributed by atoms with Crippen LogP contribution in [0.15, 0.2) is 70.0 Å². The summed E-state index contributed by atoms with van der Waals surface area (Å²) in [6.45, 7) is 8.57. The van der Waals surface area contributed by atoms with Crippen LogP contribution in [0.4, 0.5) is 4.79 Å². The molecule has 0 saturated carbocycles. The van der Waals surface area contributed by atoms with Crippen molar-refractivity contribution in [3.05, 3.63) is 81.8 Å². The Kier molecular flexibility index (Phi) is 12.7. The first-order valence-corrected chi connectivity index (χ1v) is 18.3. The number of carbonyl (C=O) groups excluding carboxylic acids is 3. The fourth-order valence-corrected chi connectivity index (χ4v) is 7.98. The number of sulfonamides is 1. The maximum Gasteiger partial charge on any atom is 0.328 e. The predicted octanol–water partition coefficient (Wildman–Crippen LogP) is 3.48. The van der Waals surface area contributed by atoms with E-state index in [1.54, 1.807) is 19.2 Å². The average Bonchev–Trinajstić information content (AvgIpc) is 3.58. The maximum atomic E-state index is 14.0. The summed E-state index contributed by atoms with van der Waals surface area (Å²) in [5.41, 5.74) is 1.88. The smallest absolute Gasteiger partial charge is 0.328 e. The molecule has 1 saturated heterocycles. The van der Waals surface area contributed by atoms with Crippen molar-refractivity contribution >= 4 is 45.4 Å². The van der Waals surface area contributed by atoms with Crippen LogP contribution in [0.1, 0.15) is 49.5 Å². The van der Waals surface area contributed by atoms with Gasteiger partial charge in [0.05, 0.1) is 40.5 Å². The highest BCUT2D eigenvalue weighted by Crippen LogP contribution is 2.24. The number of urea groups is 1. The highest BCUT2D eigenvalue weighted by Gasteiger charge is 2.44. The number of oxime groups is 1. The van der Waals surface area contributed by atoms with Gasteiger partial charge in [0.25, 0.3) is 5.91 Å². The summed E-state index contributed by atoms with van der Waals surface area (Å²) in [5.74, 6) is -1.50. The van der Waals surface area contributed by atoms with Crippen LogP contribution in [0.5, 0.6) is 0 Å². The zero-order chi connectivity index (χ0) is 35.9. The van der Waals surface area contributed by atoms with E-state index in [9.17, 15) is 27.9 Å². The highest BCUT2D eigenvalue weighted by atomic mass is 32.2. The number of imide groups is 1. The predicted molar refractivity (Wildman–Crippen MR) is 186 cm³/mol. The second-order valence-electron chi connectivity index (χ2n) is 12.8. The van der Waals surface area contributed by atoms with Crippen LogP contribution in [0.2, 0.25) is 0 Å². The average molecular weight is 713 g/mol. The number of hydrogen-bond donors (Lipinski definition) is 3. The lowest BCUT2D eigenvalue weighted by atomic mass is 9.97. The van der Waals surface area contributed by atoms with Gasteiger partial charge in [-0.25, -0.2) is 18.2 Å². The molecule has 3 aromatic rings. The summed E-state index contributed by atoms with van der Waals surface area (Å²) in [5, 5.41) is 29.0. The molecule has 0 bridgehead atoms. The van der Waals surface area contributed by atoms with E-state index in [1.807, 2.05) is 51.1 Å². The lowest BCUT2D eigenvalue weighted by molar-refractivity contribution is -0.129. The van der Waals surface area contributed by atoms with Crippen molar-refractivity contribution in [3.8, 4) is 0 Å². The third-order valence-corrected chi connectivity index (χ3v) is 10.7. The molecule has 13 nitrogen and oxygen atoms in total. The number of amides is 4. The fourth-order valence-electron chi connectivity index (χ4n) is 5.76. The Labute approximate surface area is 291 Å². The molecule has 2 aromatic carbocycles. The second kappa shape index (κ2) is 16.5. The van der Waals surface area contributed by atoms with Gasteiger partial charge in [-0.15, -0.1) is 11.3 Å². The molecule has 1 aromatic heterocycles. The number of hydrogen-bond acceptors (Lipinski definition) is 10. The van der Waals surface area contributed by atoms with Crippen LogP contribution in [0, 0.1) is 18.8 Å². The van der Waals surface area contributed by atoms with E-state index in [2.05, 4.69) is 15.5 Å². The summed E-state index contributed by atoms with van der Waals surface area (Å²) in [7, 11) is -4.09. The van der Waals surface area contributed by atoms with Crippen molar-refractivity contribution in [2.45, 2.75) is 70.7 Å². The molecule has 2 heterocycles. The Bertz CT molecular complexity index is 1730. The molecule has 15 heteroatoms. The topological polar surface area (TPSA) is 173 Å². The third kappa shape index (κ3) is 9.50. The SMILES string of the molecule is Cc1nc(CN2C(=O)CN([C@H](C(=O)N[C@@H](Cc3ccccc3)[C@H](O)CN(CC(C)C)S(=O)(=O)c3ccc(C=NO)cc3)C(C)C)C2=O)cs1. The molecule has 49 heavy (non-hydrogen) atoms. The lowest BCUT2D eigenvalue weighted by Gasteiger charge is -2.34. The molecular weight excluding hydrogens is 669 g/mol. The van der Waals surface area contributed by atoms with Gasteiger partial charge in [-0.3, -0.25) is 14.5 Å². The van der Waals surface area contributed by atoms with Crippen LogP contribution in [-0.4, -0.2) is 99.7 Å². The Morgan fingerprint density at radius 2 is 1.76 bits per heavy atom. The van der Waals surface area contributed by atoms with Crippen molar-refractivity contribution < 1.29 is 33.1 Å². The zero-order valence-electron chi connectivity index (χ0n) is 28.3. The largest absolute Gasteiger partial charge is 0.411 e. The molecule has 1 aliphatic rings. The molecule has 3 atom stereocenters. The zero-order valence-corrected chi connectivity index (χ0v) is 29.9. The van der Waals surface area contributed by atoms with Crippen molar-refractivity contribution in [2.24, 2.45) is 17.0 Å². The van der Waals surface area contributed by atoms with Gasteiger partial charge < -0.3 is 20.5 Å². The monoisotopic (exact) mass is 712 g/mol. The summed E-state index contributed by atoms with van der Waals surface area (Å²) in [6, 6.07) is 12.4. The van der Waals surface area contributed by atoms with Crippen LogP contribution in [0.25, 0.3) is 0 Å². The molecule has 0 radical (unpaired) electrons. The van der Waals surface area contributed by atoms with Crippen molar-refractivity contribution in [2.75, 3.05) is 19.6 Å². The molecule has 0 unspecified atom stereocenters. The molecule has 264 valence electrons. The molecule has 1 aliphatic heterocycles. The van der Waals surface area contributed by atoms with E-state index in [0.29, 0.717) is 11.3 Å². The van der Waals surface area contributed by atoms with Gasteiger partial charge >= 0.3 is 6.03 Å². The molecular formula is C34H44N6O7S2. The molecule has 0 aliphatic carbocycles. The number of carbonyl (C=O) groups is 3. The Balaban J connectivity index is 1.59. The van der Waals surface area contributed by atoms with Crippen molar-refractivity contribution in [1.82, 2.24) is 24.4 Å². The van der Waals surface area contributed by atoms with Crippen LogP contribution in [0.3, 0.4) is 0 Å². The van der Waals surface area contributed by atoms with E-state index >= 15 is 0 Å². The Morgan fingerprint density at radius 3 is 2.33 bits per heavy atom. The molecule has 0 spiro atoms. The standard InChI is InChI=1S/C34H44N6O7S2/c1-22(2)17-38(49(46,47)28-13-11-26(12-14-28)16-35-45)19-30(41)29(15-25-9-7-6-8-10-25)37-33(43)32(23(3)4)40-20-31(42)39(34(40)44)18-27-21-48-24(5)36-27/h6-14,16,21-23,29-30,32,41,45H,15,17-20H2,1-5H3,(H,37,43)/t29-,30+,32-/m0/s1. The number of thiazole rings is 1. The lowest BCUT2D eigenvalue weighted by Crippen LogP contribution is -2.57. The van der Waals surface area contributed by atoms with Crippen molar-refractivity contribution in [1.29, 1.82) is 0 Å². The van der Waals surface area contributed by atoms with Gasteiger partial charge in [0.2, 0.25) is 15.9 Å². The van der Waals surface area contributed by atoms with E-state index in [0.717, 1.165) is 15.5 Å². The molecule has 4 amide bonds. The van der Waals surface area contributed by atoms with Gasteiger partial charge in [-0.05, 0) is 48.4 Å². The summed E-state index contributed by atoms with van der Waals surface area (Å²) in [4.78, 5) is 47.2. The normalized spacial score (nSPS) is 15.9. The Hall–Kier alpha value is -4.18. The number of rotatable bonds is 16. The van der Waals surface area contributed by atoms with Gasteiger partial charge in [-0.2, -0.15) is 4.31 Å². The summed E-state index contributed by atoms with van der Waals surface area (Å²) >= 11 is 1.41. The fraction of sp³-hybridized carbons (Fsp3) is 0.441. The van der Waals surface area contributed by atoms with Gasteiger partial charge in [-0.1, -0.05) is 75.3 Å². The third-order valence-electron chi connectivity index (χ3n) is 8.08. The quantitative estimate of drug-likeness (QED) is 0.0877. The number of nitrogens with zero attached hydrogens (tertiary/aromatic N) is 5. The number of aliphatic hydroxyl groups excluding tert-OH is 1. The minimum Gasteiger partial charge on any atom is -0.411 e. The van der Waals surface area contributed by atoms with Crippen LogP contribution in [-0.2, 0) is 32.6 Å². The number of nitrogens with one attached hydrogen (secondary N) is 1. The molecule has 4 rings (SSSR count). The first kappa shape index (κ1) is 37.6. The Morgan fingerprint density at radius 1 is 1.08 bits per heavy atom. The van der Waals surface area contributed by atoms with E-state index < -0.39 is 52.0 Å². The number of aliphatic hydroxyl groups is 1. The first-order chi connectivity index (χ1) is 23.2. The van der Waals surface area contributed by atoms with E-state index in [-0.39, 0.29) is 43.4 Å². The van der Waals surface area contributed by atoms with Crippen molar-refractivity contribution in [3.63, 3.8) is 0 Å². The summed E-state index contributed by atoms with van der Waals surface area (Å²) in [6.07, 6.45) is -0.00409. The van der Waals surface area contributed by atoms with E-state index in [4.69, 9.17) is 5.21 Å². The van der Waals surface area contributed by atoms with Gasteiger partial charge in [0, 0.05) is 18.5 Å². The van der Waals surface area contributed by atoms with Crippen LogP contribution < -0.4 is 5.32 Å². The number of aryl methyl sites for hydroxylation is 1. The van der Waals surface area contributed by atoms with Crippen LogP contribution >= 0.6 is 11.3 Å².